The normalized spacial score (nSPS) is 20.5. The zero-order chi connectivity index (χ0) is 15.5. The standard InChI is InChI=1S/C17H28N2O2/c1-13(2)21-15-7-5-14(6-8-15)16(11-18)19-9-10-20-12-17(19,3)4/h5-8,13,16H,9-12,18H2,1-4H3. The van der Waals surface area contributed by atoms with Crippen LogP contribution in [0.15, 0.2) is 24.3 Å². The predicted molar refractivity (Wildman–Crippen MR) is 85.6 cm³/mol. The zero-order valence-electron chi connectivity index (χ0n) is 13.6. The first kappa shape index (κ1) is 16.3. The van der Waals surface area contributed by atoms with E-state index >= 15 is 0 Å². The monoisotopic (exact) mass is 292 g/mol. The second-order valence-corrected chi connectivity index (χ2v) is 6.55. The maximum absolute atomic E-state index is 6.06. The molecule has 21 heavy (non-hydrogen) atoms. The molecule has 0 radical (unpaired) electrons. The molecule has 4 nitrogen and oxygen atoms in total. The number of hydrogen-bond donors (Lipinski definition) is 1. The van der Waals surface area contributed by atoms with Crippen LogP contribution in [0.3, 0.4) is 0 Å². The molecular weight excluding hydrogens is 264 g/mol. The summed E-state index contributed by atoms with van der Waals surface area (Å²) in [6, 6.07) is 8.54. The van der Waals surface area contributed by atoms with Crippen molar-refractivity contribution < 1.29 is 9.47 Å². The van der Waals surface area contributed by atoms with E-state index in [0.717, 1.165) is 25.5 Å². The van der Waals surface area contributed by atoms with Crippen LogP contribution in [0.25, 0.3) is 0 Å². The van der Waals surface area contributed by atoms with Gasteiger partial charge in [-0.2, -0.15) is 0 Å². The highest BCUT2D eigenvalue weighted by Crippen LogP contribution is 2.31. The van der Waals surface area contributed by atoms with Gasteiger partial charge in [0.25, 0.3) is 0 Å². The van der Waals surface area contributed by atoms with E-state index < -0.39 is 0 Å². The Morgan fingerprint density at radius 3 is 2.48 bits per heavy atom. The average molecular weight is 292 g/mol. The maximum atomic E-state index is 6.06. The number of ether oxygens (including phenoxy) is 2. The summed E-state index contributed by atoms with van der Waals surface area (Å²) in [6.45, 7) is 11.5. The molecule has 0 spiro atoms. The summed E-state index contributed by atoms with van der Waals surface area (Å²) >= 11 is 0. The number of hydrogen-bond acceptors (Lipinski definition) is 4. The maximum Gasteiger partial charge on any atom is 0.119 e. The Labute approximate surface area is 128 Å². The Morgan fingerprint density at radius 2 is 1.95 bits per heavy atom. The van der Waals surface area contributed by atoms with E-state index in [4.69, 9.17) is 15.2 Å². The van der Waals surface area contributed by atoms with Crippen molar-refractivity contribution >= 4 is 0 Å². The van der Waals surface area contributed by atoms with Crippen LogP contribution in [0.1, 0.15) is 39.3 Å². The van der Waals surface area contributed by atoms with E-state index in [1.54, 1.807) is 0 Å². The number of nitrogens with two attached hydrogens (primary N) is 1. The van der Waals surface area contributed by atoms with Crippen molar-refractivity contribution in [1.82, 2.24) is 4.90 Å². The van der Waals surface area contributed by atoms with Gasteiger partial charge in [0, 0.05) is 24.7 Å². The minimum Gasteiger partial charge on any atom is -0.491 e. The highest BCUT2D eigenvalue weighted by atomic mass is 16.5. The van der Waals surface area contributed by atoms with Gasteiger partial charge in [0.05, 0.1) is 19.3 Å². The van der Waals surface area contributed by atoms with Gasteiger partial charge in [-0.1, -0.05) is 12.1 Å². The first-order valence-electron chi connectivity index (χ1n) is 7.75. The molecular formula is C17H28N2O2. The Kier molecular flexibility index (Phi) is 5.25. The summed E-state index contributed by atoms with van der Waals surface area (Å²) < 4.78 is 11.3. The molecule has 0 saturated carbocycles. The van der Waals surface area contributed by atoms with E-state index in [1.807, 2.05) is 26.0 Å². The Balaban J connectivity index is 2.16. The lowest BCUT2D eigenvalue weighted by atomic mass is 9.95. The van der Waals surface area contributed by atoms with Gasteiger partial charge in [-0.3, -0.25) is 4.90 Å². The highest BCUT2D eigenvalue weighted by Gasteiger charge is 2.35. The third kappa shape index (κ3) is 3.96. The smallest absolute Gasteiger partial charge is 0.119 e. The van der Waals surface area contributed by atoms with Crippen molar-refractivity contribution in [3.63, 3.8) is 0 Å². The molecule has 0 aliphatic carbocycles. The van der Waals surface area contributed by atoms with Crippen molar-refractivity contribution in [3.05, 3.63) is 29.8 Å². The second kappa shape index (κ2) is 6.77. The van der Waals surface area contributed by atoms with Gasteiger partial charge < -0.3 is 15.2 Å². The van der Waals surface area contributed by atoms with Crippen LogP contribution in [-0.4, -0.2) is 42.8 Å². The van der Waals surface area contributed by atoms with Gasteiger partial charge in [-0.25, -0.2) is 0 Å². The third-order valence-electron chi connectivity index (χ3n) is 3.95. The van der Waals surface area contributed by atoms with Crippen LogP contribution in [0.5, 0.6) is 5.75 Å². The lowest BCUT2D eigenvalue weighted by molar-refractivity contribution is -0.0712. The van der Waals surface area contributed by atoms with Gasteiger partial charge >= 0.3 is 0 Å². The van der Waals surface area contributed by atoms with E-state index in [2.05, 4.69) is 30.9 Å². The summed E-state index contributed by atoms with van der Waals surface area (Å²) in [7, 11) is 0. The molecule has 1 saturated heterocycles. The molecule has 1 aliphatic rings. The molecule has 0 bridgehead atoms. The molecule has 1 fully saturated rings. The highest BCUT2D eigenvalue weighted by molar-refractivity contribution is 5.30. The number of nitrogens with zero attached hydrogens (tertiary/aromatic N) is 1. The molecule has 1 aromatic rings. The molecule has 0 aromatic heterocycles. The topological polar surface area (TPSA) is 47.7 Å². The zero-order valence-corrected chi connectivity index (χ0v) is 13.6. The van der Waals surface area contributed by atoms with E-state index in [0.29, 0.717) is 6.54 Å². The lowest BCUT2D eigenvalue weighted by Crippen LogP contribution is -2.55. The molecule has 1 unspecified atom stereocenters. The molecule has 4 heteroatoms. The van der Waals surface area contributed by atoms with Crippen LogP contribution in [0.4, 0.5) is 0 Å². The van der Waals surface area contributed by atoms with Gasteiger partial charge in [0.15, 0.2) is 0 Å². The fourth-order valence-electron chi connectivity index (χ4n) is 2.93. The quantitative estimate of drug-likeness (QED) is 0.906. The van der Waals surface area contributed by atoms with E-state index in [-0.39, 0.29) is 17.7 Å². The van der Waals surface area contributed by atoms with Crippen molar-refractivity contribution in [2.24, 2.45) is 5.73 Å². The van der Waals surface area contributed by atoms with Crippen molar-refractivity contribution in [1.29, 1.82) is 0 Å². The number of morpholine rings is 1. The molecule has 1 heterocycles. The summed E-state index contributed by atoms with van der Waals surface area (Å²) in [4.78, 5) is 2.45. The number of rotatable bonds is 5. The van der Waals surface area contributed by atoms with Crippen LogP contribution < -0.4 is 10.5 Å². The SMILES string of the molecule is CC(C)Oc1ccc(C(CN)N2CCOCC2(C)C)cc1. The fourth-order valence-corrected chi connectivity index (χ4v) is 2.93. The lowest BCUT2D eigenvalue weighted by Gasteiger charge is -2.46. The van der Waals surface area contributed by atoms with Crippen LogP contribution in [0, 0.1) is 0 Å². The fraction of sp³-hybridized carbons (Fsp3) is 0.647. The Morgan fingerprint density at radius 1 is 1.29 bits per heavy atom. The molecule has 1 aliphatic heterocycles. The molecule has 0 amide bonds. The van der Waals surface area contributed by atoms with Crippen molar-refractivity contribution in [2.75, 3.05) is 26.3 Å². The molecule has 1 aromatic carbocycles. The minimum atomic E-state index is 0.00932. The van der Waals surface area contributed by atoms with Gasteiger partial charge in [0.1, 0.15) is 5.75 Å². The molecule has 2 N–H and O–H groups in total. The van der Waals surface area contributed by atoms with Crippen molar-refractivity contribution in [3.8, 4) is 5.75 Å². The van der Waals surface area contributed by atoms with Gasteiger partial charge in [-0.15, -0.1) is 0 Å². The summed E-state index contributed by atoms with van der Waals surface area (Å²) in [5.74, 6) is 0.908. The van der Waals surface area contributed by atoms with E-state index in [9.17, 15) is 0 Å². The summed E-state index contributed by atoms with van der Waals surface area (Å²) in [6.07, 6.45) is 0.194. The van der Waals surface area contributed by atoms with Crippen molar-refractivity contribution in [2.45, 2.75) is 45.4 Å². The predicted octanol–water partition coefficient (Wildman–Crippen LogP) is 2.58. The first-order chi connectivity index (χ1) is 9.94. The Hall–Kier alpha value is -1.10. The van der Waals surface area contributed by atoms with Crippen LogP contribution in [0.2, 0.25) is 0 Å². The molecule has 2 rings (SSSR count). The number of benzene rings is 1. The second-order valence-electron chi connectivity index (χ2n) is 6.55. The minimum absolute atomic E-state index is 0.00932. The summed E-state index contributed by atoms with van der Waals surface area (Å²) in [5, 5.41) is 0. The largest absolute Gasteiger partial charge is 0.491 e. The third-order valence-corrected chi connectivity index (χ3v) is 3.95. The summed E-state index contributed by atoms with van der Waals surface area (Å²) in [5.41, 5.74) is 7.31. The van der Waals surface area contributed by atoms with Gasteiger partial charge in [0.2, 0.25) is 0 Å². The average Bonchev–Trinajstić information content (AvgIpc) is 2.42. The van der Waals surface area contributed by atoms with Crippen LogP contribution >= 0.6 is 0 Å². The first-order valence-corrected chi connectivity index (χ1v) is 7.75. The van der Waals surface area contributed by atoms with Gasteiger partial charge in [-0.05, 0) is 45.4 Å². The molecule has 118 valence electrons. The molecule has 1 atom stereocenters. The van der Waals surface area contributed by atoms with Crippen LogP contribution in [-0.2, 0) is 4.74 Å². The Bertz CT molecular complexity index is 443. The van der Waals surface area contributed by atoms with E-state index in [1.165, 1.54) is 5.56 Å².